The van der Waals surface area contributed by atoms with Crippen LogP contribution in [0.5, 0.6) is 0 Å². The summed E-state index contributed by atoms with van der Waals surface area (Å²) in [6.45, 7) is 19.5. The largest absolute Gasteiger partial charge is 0.324 e. The molecular formula is C29H45F2N5O. The fraction of sp³-hybridized carbons (Fsp3) is 0.655. The van der Waals surface area contributed by atoms with Gasteiger partial charge >= 0.3 is 0 Å². The number of fused-ring (bicyclic) bond motifs is 2. The van der Waals surface area contributed by atoms with Crippen molar-refractivity contribution in [3.05, 3.63) is 46.9 Å². The van der Waals surface area contributed by atoms with E-state index < -0.39 is 11.6 Å². The quantitative estimate of drug-likeness (QED) is 0.525. The molecule has 37 heavy (non-hydrogen) atoms. The molecule has 2 aliphatic rings. The zero-order valence-corrected chi connectivity index (χ0v) is 23.8. The highest BCUT2D eigenvalue weighted by molar-refractivity contribution is 5.92. The van der Waals surface area contributed by atoms with Gasteiger partial charge in [0.05, 0.1) is 30.1 Å². The third-order valence-electron chi connectivity index (χ3n) is 6.94. The summed E-state index contributed by atoms with van der Waals surface area (Å²) in [6, 6.07) is 2.43. The van der Waals surface area contributed by atoms with E-state index in [2.05, 4.69) is 80.5 Å². The van der Waals surface area contributed by atoms with Crippen molar-refractivity contribution in [3.8, 4) is 0 Å². The van der Waals surface area contributed by atoms with Crippen LogP contribution in [0.1, 0.15) is 91.1 Å². The van der Waals surface area contributed by atoms with Gasteiger partial charge in [-0.15, -0.1) is 0 Å². The lowest BCUT2D eigenvalue weighted by Gasteiger charge is -2.46. The molecule has 0 radical (unpaired) electrons. The van der Waals surface area contributed by atoms with Gasteiger partial charge in [0.2, 0.25) is 5.91 Å². The summed E-state index contributed by atoms with van der Waals surface area (Å²) in [7, 11) is 0. The summed E-state index contributed by atoms with van der Waals surface area (Å²) in [4.78, 5) is 19.8. The highest BCUT2D eigenvalue weighted by atomic mass is 19.1. The molecule has 2 unspecified atom stereocenters. The molecule has 2 aromatic rings. The fourth-order valence-corrected chi connectivity index (χ4v) is 5.40. The normalized spacial score (nSPS) is 20.9. The smallest absolute Gasteiger partial charge is 0.239 e. The van der Waals surface area contributed by atoms with Gasteiger partial charge in [-0.25, -0.2) is 13.8 Å². The van der Waals surface area contributed by atoms with Crippen molar-refractivity contribution >= 4 is 11.7 Å². The molecule has 1 aliphatic heterocycles. The first-order valence-corrected chi connectivity index (χ1v) is 13.6. The second-order valence-corrected chi connectivity index (χ2v) is 12.4. The number of amides is 1. The van der Waals surface area contributed by atoms with Gasteiger partial charge in [0.1, 0.15) is 11.6 Å². The van der Waals surface area contributed by atoms with E-state index in [4.69, 9.17) is 0 Å². The minimum Gasteiger partial charge on any atom is -0.324 e. The van der Waals surface area contributed by atoms with Crippen LogP contribution in [0.25, 0.3) is 0 Å². The SMILES string of the molecule is CC1c2c(NC(=O)CNC3CCc4cc(F)cc(F)c4C3)ncn2C(C)(C)CN1CC(C)(C)C.CCC. The predicted octanol–water partition coefficient (Wildman–Crippen LogP) is 5.82. The van der Waals surface area contributed by atoms with Crippen LogP contribution in [0.15, 0.2) is 18.5 Å². The van der Waals surface area contributed by atoms with Crippen LogP contribution in [0, 0.1) is 17.0 Å². The van der Waals surface area contributed by atoms with Crippen molar-refractivity contribution < 1.29 is 13.6 Å². The average molecular weight is 518 g/mol. The number of aryl methyl sites for hydroxylation is 1. The summed E-state index contributed by atoms with van der Waals surface area (Å²) in [5, 5.41) is 6.24. The zero-order chi connectivity index (χ0) is 27.5. The Balaban J connectivity index is 0.00000121. The van der Waals surface area contributed by atoms with Crippen LogP contribution < -0.4 is 10.6 Å². The van der Waals surface area contributed by atoms with Crippen molar-refractivity contribution in [1.29, 1.82) is 0 Å². The highest BCUT2D eigenvalue weighted by Gasteiger charge is 2.39. The molecule has 0 saturated carbocycles. The standard InChI is InChI=1S/C26H37F2N5O.C3H8/c1-16-23-24(30-15-33(23)26(5,6)14-32(16)13-25(2,3)4)31-22(34)12-29-19-8-7-17-9-18(27)10-21(28)20(17)11-19;1-3-2/h9-10,15-16,19,29H,7-8,11-14H2,1-6H3,(H,31,34);3H2,1-2H3. The summed E-state index contributed by atoms with van der Waals surface area (Å²) in [6.07, 6.45) is 4.84. The Morgan fingerprint density at radius 2 is 1.89 bits per heavy atom. The van der Waals surface area contributed by atoms with Crippen LogP contribution in [-0.2, 0) is 23.2 Å². The molecule has 8 heteroatoms. The Kier molecular flexibility index (Phi) is 9.17. The maximum absolute atomic E-state index is 14.2. The molecule has 0 saturated heterocycles. The zero-order valence-electron chi connectivity index (χ0n) is 23.8. The number of carbonyl (C=O) groups is 1. The Bertz CT molecular complexity index is 1090. The maximum Gasteiger partial charge on any atom is 0.239 e. The van der Waals surface area contributed by atoms with E-state index >= 15 is 0 Å². The lowest BCUT2D eigenvalue weighted by Crippen LogP contribution is -2.50. The molecule has 1 amide bonds. The van der Waals surface area contributed by atoms with Gasteiger partial charge in [0, 0.05) is 25.2 Å². The summed E-state index contributed by atoms with van der Waals surface area (Å²) >= 11 is 0. The van der Waals surface area contributed by atoms with Crippen LogP contribution in [0.2, 0.25) is 0 Å². The Hall–Kier alpha value is -2.32. The number of nitrogens with zero attached hydrogens (tertiary/aromatic N) is 3. The summed E-state index contributed by atoms with van der Waals surface area (Å²) < 4.78 is 29.8. The minimum atomic E-state index is -0.538. The average Bonchev–Trinajstić information content (AvgIpc) is 3.20. The molecule has 206 valence electrons. The highest BCUT2D eigenvalue weighted by Crippen LogP contribution is 2.39. The fourth-order valence-electron chi connectivity index (χ4n) is 5.40. The Morgan fingerprint density at radius 3 is 2.54 bits per heavy atom. The van der Waals surface area contributed by atoms with Crippen LogP contribution in [0.3, 0.4) is 0 Å². The summed E-state index contributed by atoms with van der Waals surface area (Å²) in [5.41, 5.74) is 2.30. The molecule has 0 fully saturated rings. The number of anilines is 1. The third-order valence-corrected chi connectivity index (χ3v) is 6.94. The van der Waals surface area contributed by atoms with Crippen molar-refractivity contribution in [2.75, 3.05) is 25.0 Å². The van der Waals surface area contributed by atoms with Gasteiger partial charge in [-0.1, -0.05) is 41.0 Å². The number of carbonyl (C=O) groups excluding carboxylic acids is 1. The molecule has 1 aromatic carbocycles. The number of halogens is 2. The van der Waals surface area contributed by atoms with E-state index in [1.165, 1.54) is 12.5 Å². The monoisotopic (exact) mass is 517 g/mol. The van der Waals surface area contributed by atoms with Gasteiger partial charge in [0.25, 0.3) is 0 Å². The van der Waals surface area contributed by atoms with E-state index in [1.807, 2.05) is 6.33 Å². The van der Waals surface area contributed by atoms with Crippen molar-refractivity contribution in [2.24, 2.45) is 5.41 Å². The van der Waals surface area contributed by atoms with Crippen molar-refractivity contribution in [1.82, 2.24) is 19.8 Å². The van der Waals surface area contributed by atoms with Gasteiger partial charge in [0.15, 0.2) is 5.82 Å². The van der Waals surface area contributed by atoms with Crippen LogP contribution >= 0.6 is 0 Å². The number of hydrogen-bond acceptors (Lipinski definition) is 4. The van der Waals surface area contributed by atoms with E-state index in [1.54, 1.807) is 0 Å². The first kappa shape index (κ1) is 29.2. The number of aromatic nitrogens is 2. The third kappa shape index (κ3) is 7.17. The second-order valence-electron chi connectivity index (χ2n) is 12.4. The van der Waals surface area contributed by atoms with E-state index in [0.717, 1.165) is 36.8 Å². The van der Waals surface area contributed by atoms with Crippen molar-refractivity contribution in [2.45, 2.75) is 98.7 Å². The molecule has 1 aliphatic carbocycles. The molecule has 6 nitrogen and oxygen atoms in total. The lowest BCUT2D eigenvalue weighted by molar-refractivity contribution is -0.115. The number of hydrogen-bond donors (Lipinski definition) is 2. The molecule has 0 bridgehead atoms. The van der Waals surface area contributed by atoms with Gasteiger partial charge in [-0.05, 0) is 62.6 Å². The molecule has 2 N–H and O–H groups in total. The first-order chi connectivity index (χ1) is 17.3. The van der Waals surface area contributed by atoms with Crippen LogP contribution in [-0.4, -0.2) is 46.0 Å². The first-order valence-electron chi connectivity index (χ1n) is 13.6. The molecule has 2 atom stereocenters. The topological polar surface area (TPSA) is 62.2 Å². The van der Waals surface area contributed by atoms with Crippen LogP contribution in [0.4, 0.5) is 14.6 Å². The molecule has 2 heterocycles. The van der Waals surface area contributed by atoms with Crippen molar-refractivity contribution in [3.63, 3.8) is 0 Å². The van der Waals surface area contributed by atoms with E-state index in [9.17, 15) is 13.6 Å². The number of rotatable bonds is 5. The Labute approximate surface area is 221 Å². The number of nitrogens with one attached hydrogen (secondary N) is 2. The van der Waals surface area contributed by atoms with Gasteiger partial charge < -0.3 is 15.2 Å². The molecular weight excluding hydrogens is 472 g/mol. The maximum atomic E-state index is 14.2. The Morgan fingerprint density at radius 1 is 1.22 bits per heavy atom. The van der Waals surface area contributed by atoms with Gasteiger partial charge in [-0.2, -0.15) is 0 Å². The van der Waals surface area contributed by atoms with E-state index in [-0.39, 0.29) is 35.5 Å². The van der Waals surface area contributed by atoms with E-state index in [0.29, 0.717) is 24.2 Å². The molecule has 4 rings (SSSR count). The molecule has 0 spiro atoms. The summed E-state index contributed by atoms with van der Waals surface area (Å²) in [5.74, 6) is -0.623. The van der Waals surface area contributed by atoms with Gasteiger partial charge in [-0.3, -0.25) is 9.69 Å². The predicted molar refractivity (Wildman–Crippen MR) is 146 cm³/mol. The lowest BCUT2D eigenvalue weighted by atomic mass is 9.88. The minimum absolute atomic E-state index is 0.0331. The second kappa shape index (κ2) is 11.6. The molecule has 1 aromatic heterocycles. The number of imidazole rings is 1. The number of benzene rings is 1.